The van der Waals surface area contributed by atoms with Gasteiger partial charge < -0.3 is 9.80 Å². The predicted molar refractivity (Wildman–Crippen MR) is 128 cm³/mol. The average molecular weight is 485 g/mol. The van der Waals surface area contributed by atoms with Gasteiger partial charge in [0, 0.05) is 31.1 Å². The van der Waals surface area contributed by atoms with E-state index in [4.69, 9.17) is 0 Å². The lowest BCUT2D eigenvalue weighted by Gasteiger charge is -2.35. The minimum atomic E-state index is -4.35. The van der Waals surface area contributed by atoms with Gasteiger partial charge in [-0.25, -0.2) is 4.39 Å². The predicted octanol–water partition coefficient (Wildman–Crippen LogP) is 6.11. The normalized spacial score (nSPS) is 22.1. The molecule has 3 aromatic carbocycles. The van der Waals surface area contributed by atoms with Crippen molar-refractivity contribution in [3.05, 3.63) is 83.7 Å². The van der Waals surface area contributed by atoms with Gasteiger partial charge in [0.2, 0.25) is 0 Å². The molecule has 0 radical (unpaired) electrons. The van der Waals surface area contributed by atoms with Gasteiger partial charge in [-0.05, 0) is 72.5 Å². The topological polar surface area (TPSA) is 23.6 Å². The first-order valence-corrected chi connectivity index (χ1v) is 12.1. The van der Waals surface area contributed by atoms with Crippen LogP contribution < -0.4 is 0 Å². The van der Waals surface area contributed by atoms with E-state index >= 15 is 0 Å². The molecule has 1 amide bonds. The zero-order valence-electron chi connectivity index (χ0n) is 19.3. The van der Waals surface area contributed by atoms with Gasteiger partial charge in [-0.2, -0.15) is 13.2 Å². The van der Waals surface area contributed by atoms with Crippen LogP contribution in [0.1, 0.15) is 34.7 Å². The van der Waals surface area contributed by atoms with Crippen molar-refractivity contribution in [2.45, 2.75) is 24.9 Å². The highest BCUT2D eigenvalue weighted by molar-refractivity contribution is 5.98. The standard InChI is InChI=1S/C28H28F4N2O/c29-25-9-7-20(8-10-25)21-11-13-33(14-12-21)16-24-17-34(18-26(24)28(30,31)32)27(35)23-6-5-19-3-1-2-4-22(19)15-23/h1-10,15,21,24,26H,11-14,16-18H2. The third-order valence-corrected chi connectivity index (χ3v) is 7.57. The molecule has 0 N–H and O–H groups in total. The summed E-state index contributed by atoms with van der Waals surface area (Å²) in [6.45, 7) is 1.52. The van der Waals surface area contributed by atoms with E-state index in [-0.39, 0.29) is 24.8 Å². The SMILES string of the molecule is O=C(c1ccc2ccccc2c1)N1CC(CN2CCC(c3ccc(F)cc3)CC2)C(C(F)(F)F)C1. The number of rotatable bonds is 4. The molecule has 0 spiro atoms. The van der Waals surface area contributed by atoms with Crippen LogP contribution in [0.3, 0.4) is 0 Å². The van der Waals surface area contributed by atoms with Crippen molar-refractivity contribution in [1.82, 2.24) is 9.80 Å². The number of halogens is 4. The molecule has 2 heterocycles. The molecule has 0 bridgehead atoms. The van der Waals surface area contributed by atoms with Gasteiger partial charge in [0.05, 0.1) is 5.92 Å². The number of fused-ring (bicyclic) bond motifs is 1. The molecule has 0 saturated carbocycles. The molecule has 2 fully saturated rings. The van der Waals surface area contributed by atoms with Crippen LogP contribution in [0.25, 0.3) is 10.8 Å². The first-order chi connectivity index (χ1) is 16.8. The summed E-state index contributed by atoms with van der Waals surface area (Å²) >= 11 is 0. The Labute approximate surface area is 202 Å². The molecule has 35 heavy (non-hydrogen) atoms. The summed E-state index contributed by atoms with van der Waals surface area (Å²) in [5.41, 5.74) is 1.50. The molecule has 3 nitrogen and oxygen atoms in total. The summed E-state index contributed by atoms with van der Waals surface area (Å²) in [6.07, 6.45) is -2.70. The summed E-state index contributed by atoms with van der Waals surface area (Å²) in [6, 6.07) is 19.4. The Morgan fingerprint density at radius 2 is 1.57 bits per heavy atom. The molecule has 0 aliphatic carbocycles. The molecule has 5 rings (SSSR count). The number of hydrogen-bond donors (Lipinski definition) is 0. The van der Waals surface area contributed by atoms with Gasteiger partial charge >= 0.3 is 6.18 Å². The minimum Gasteiger partial charge on any atom is -0.338 e. The molecular formula is C28H28F4N2O. The molecule has 2 aliphatic heterocycles. The number of hydrogen-bond acceptors (Lipinski definition) is 2. The largest absolute Gasteiger partial charge is 0.393 e. The molecule has 7 heteroatoms. The van der Waals surface area contributed by atoms with E-state index in [1.54, 1.807) is 24.3 Å². The van der Waals surface area contributed by atoms with E-state index in [2.05, 4.69) is 4.90 Å². The Morgan fingerprint density at radius 1 is 0.886 bits per heavy atom. The molecular weight excluding hydrogens is 456 g/mol. The van der Waals surface area contributed by atoms with Gasteiger partial charge in [0.25, 0.3) is 5.91 Å². The van der Waals surface area contributed by atoms with E-state index in [9.17, 15) is 22.4 Å². The Bertz CT molecular complexity index is 1190. The molecule has 2 saturated heterocycles. The van der Waals surface area contributed by atoms with Crippen molar-refractivity contribution < 1.29 is 22.4 Å². The number of piperidine rings is 1. The maximum Gasteiger partial charge on any atom is 0.393 e. The van der Waals surface area contributed by atoms with Crippen LogP contribution in [-0.4, -0.2) is 54.6 Å². The number of benzene rings is 3. The van der Waals surface area contributed by atoms with Crippen LogP contribution in [0.4, 0.5) is 17.6 Å². The zero-order valence-corrected chi connectivity index (χ0v) is 19.3. The first-order valence-electron chi connectivity index (χ1n) is 12.1. The monoisotopic (exact) mass is 484 g/mol. The maximum atomic E-state index is 13.9. The van der Waals surface area contributed by atoms with Crippen LogP contribution >= 0.6 is 0 Å². The van der Waals surface area contributed by atoms with Crippen molar-refractivity contribution in [2.75, 3.05) is 32.7 Å². The Balaban J connectivity index is 1.25. The fourth-order valence-electron chi connectivity index (χ4n) is 5.61. The maximum absolute atomic E-state index is 13.9. The van der Waals surface area contributed by atoms with Gasteiger partial charge in [-0.1, -0.05) is 42.5 Å². The van der Waals surface area contributed by atoms with Gasteiger partial charge in [-0.3, -0.25) is 4.79 Å². The Kier molecular flexibility index (Phi) is 6.53. The molecule has 2 unspecified atom stereocenters. The van der Waals surface area contributed by atoms with Gasteiger partial charge in [0.1, 0.15) is 5.82 Å². The second-order valence-corrected chi connectivity index (χ2v) is 9.81. The number of carbonyl (C=O) groups is 1. The summed E-state index contributed by atoms with van der Waals surface area (Å²) < 4.78 is 55.0. The molecule has 2 aliphatic rings. The Hall–Kier alpha value is -2.93. The van der Waals surface area contributed by atoms with Crippen LogP contribution in [0.15, 0.2) is 66.7 Å². The van der Waals surface area contributed by atoms with Crippen LogP contribution in [0.5, 0.6) is 0 Å². The summed E-state index contributed by atoms with van der Waals surface area (Å²) in [5.74, 6) is -2.50. The van der Waals surface area contributed by atoms with E-state index in [0.717, 1.165) is 29.2 Å². The third kappa shape index (κ3) is 5.20. The highest BCUT2D eigenvalue weighted by Crippen LogP contribution is 2.39. The summed E-state index contributed by atoms with van der Waals surface area (Å²) in [5, 5.41) is 1.88. The molecule has 3 aromatic rings. The summed E-state index contributed by atoms with van der Waals surface area (Å²) in [4.78, 5) is 16.6. The van der Waals surface area contributed by atoms with E-state index in [0.29, 0.717) is 31.1 Å². The summed E-state index contributed by atoms with van der Waals surface area (Å²) in [7, 11) is 0. The smallest absolute Gasteiger partial charge is 0.338 e. The molecule has 184 valence electrons. The number of alkyl halides is 3. The third-order valence-electron chi connectivity index (χ3n) is 7.57. The van der Waals surface area contributed by atoms with E-state index in [1.165, 1.54) is 17.0 Å². The van der Waals surface area contributed by atoms with E-state index in [1.807, 2.05) is 30.3 Å². The van der Waals surface area contributed by atoms with Gasteiger partial charge in [0.15, 0.2) is 0 Å². The fourth-order valence-corrected chi connectivity index (χ4v) is 5.61. The van der Waals surface area contributed by atoms with Crippen molar-refractivity contribution in [3.63, 3.8) is 0 Å². The number of carbonyl (C=O) groups excluding carboxylic acids is 1. The lowest BCUT2D eigenvalue weighted by atomic mass is 9.88. The van der Waals surface area contributed by atoms with Crippen molar-refractivity contribution in [2.24, 2.45) is 11.8 Å². The van der Waals surface area contributed by atoms with Crippen molar-refractivity contribution in [3.8, 4) is 0 Å². The van der Waals surface area contributed by atoms with Crippen molar-refractivity contribution >= 4 is 16.7 Å². The lowest BCUT2D eigenvalue weighted by Crippen LogP contribution is -2.41. The zero-order chi connectivity index (χ0) is 24.6. The molecule has 0 aromatic heterocycles. The number of nitrogens with zero attached hydrogens (tertiary/aromatic N) is 2. The fraction of sp³-hybridized carbons (Fsp3) is 0.393. The van der Waals surface area contributed by atoms with E-state index < -0.39 is 18.0 Å². The average Bonchev–Trinajstić information content (AvgIpc) is 3.29. The number of likely N-dealkylation sites (tertiary alicyclic amines) is 2. The van der Waals surface area contributed by atoms with Crippen molar-refractivity contribution in [1.29, 1.82) is 0 Å². The van der Waals surface area contributed by atoms with Crippen LogP contribution in [-0.2, 0) is 0 Å². The highest BCUT2D eigenvalue weighted by Gasteiger charge is 2.51. The number of amides is 1. The second-order valence-electron chi connectivity index (χ2n) is 9.81. The van der Waals surface area contributed by atoms with Gasteiger partial charge in [-0.15, -0.1) is 0 Å². The first kappa shape index (κ1) is 23.8. The van der Waals surface area contributed by atoms with Crippen LogP contribution in [0.2, 0.25) is 0 Å². The lowest BCUT2D eigenvalue weighted by molar-refractivity contribution is -0.181. The minimum absolute atomic E-state index is 0.105. The Morgan fingerprint density at radius 3 is 2.26 bits per heavy atom. The quantitative estimate of drug-likeness (QED) is 0.417. The highest BCUT2D eigenvalue weighted by atomic mass is 19.4. The second kappa shape index (κ2) is 9.61. The van der Waals surface area contributed by atoms with Crippen LogP contribution in [0, 0.1) is 17.7 Å². The molecule has 2 atom stereocenters.